The summed E-state index contributed by atoms with van der Waals surface area (Å²) in [5.41, 5.74) is 3.32. The highest BCUT2D eigenvalue weighted by molar-refractivity contribution is 6.09. The van der Waals surface area contributed by atoms with E-state index in [1.807, 2.05) is 62.4 Å². The number of aliphatic carboxylic acids is 1. The summed E-state index contributed by atoms with van der Waals surface area (Å²) in [5, 5.41) is 9.37. The molecule has 2 aromatic carbocycles. The van der Waals surface area contributed by atoms with E-state index in [4.69, 9.17) is 0 Å². The lowest BCUT2D eigenvalue weighted by atomic mass is 9.88. The van der Waals surface area contributed by atoms with E-state index in [1.54, 1.807) is 4.90 Å². The molecule has 0 fully saturated rings. The average molecular weight is 309 g/mol. The average Bonchev–Trinajstić information content (AvgIpc) is 2.85. The zero-order valence-electron chi connectivity index (χ0n) is 13.2. The maximum absolute atomic E-state index is 12.5. The van der Waals surface area contributed by atoms with Crippen LogP contribution in [0.4, 0.5) is 5.69 Å². The van der Waals surface area contributed by atoms with Gasteiger partial charge in [-0.2, -0.15) is 0 Å². The molecule has 3 rings (SSSR count). The molecule has 0 aliphatic carbocycles. The number of rotatable bonds is 4. The van der Waals surface area contributed by atoms with Crippen LogP contribution in [0.25, 0.3) is 0 Å². The Labute approximate surface area is 135 Å². The van der Waals surface area contributed by atoms with Crippen LogP contribution < -0.4 is 4.90 Å². The van der Waals surface area contributed by atoms with Gasteiger partial charge in [0.1, 0.15) is 0 Å². The van der Waals surface area contributed by atoms with E-state index >= 15 is 0 Å². The van der Waals surface area contributed by atoms with Crippen molar-refractivity contribution in [1.29, 1.82) is 0 Å². The number of carbonyl (C=O) groups excluding carboxylic acids is 1. The van der Waals surface area contributed by atoms with Crippen LogP contribution in [-0.2, 0) is 11.3 Å². The second-order valence-corrected chi connectivity index (χ2v) is 6.20. The van der Waals surface area contributed by atoms with Crippen LogP contribution in [0.2, 0.25) is 0 Å². The molecule has 0 saturated heterocycles. The molecule has 1 heterocycles. The number of nitrogens with zero attached hydrogens (tertiary/aromatic N) is 1. The third-order valence-corrected chi connectivity index (χ3v) is 4.32. The molecule has 0 spiro atoms. The number of benzene rings is 2. The predicted octanol–water partition coefficient (Wildman–Crippen LogP) is 3.67. The van der Waals surface area contributed by atoms with Gasteiger partial charge in [-0.3, -0.25) is 9.59 Å². The monoisotopic (exact) mass is 309 g/mol. The maximum Gasteiger partial charge on any atom is 0.311 e. The van der Waals surface area contributed by atoms with E-state index in [2.05, 4.69) is 0 Å². The van der Waals surface area contributed by atoms with Crippen LogP contribution in [0, 0.1) is 5.92 Å². The van der Waals surface area contributed by atoms with E-state index in [-0.39, 0.29) is 11.8 Å². The van der Waals surface area contributed by atoms with E-state index in [1.165, 1.54) is 0 Å². The normalized spacial score (nSPS) is 14.9. The van der Waals surface area contributed by atoms with Gasteiger partial charge in [0.2, 0.25) is 0 Å². The van der Waals surface area contributed by atoms with Crippen molar-refractivity contribution in [2.45, 2.75) is 26.3 Å². The van der Waals surface area contributed by atoms with Crippen LogP contribution in [0.3, 0.4) is 0 Å². The second-order valence-electron chi connectivity index (χ2n) is 6.20. The molecule has 1 atom stereocenters. The van der Waals surface area contributed by atoms with Crippen molar-refractivity contribution in [3.05, 3.63) is 65.2 Å². The highest BCUT2D eigenvalue weighted by Crippen LogP contribution is 2.31. The van der Waals surface area contributed by atoms with Crippen molar-refractivity contribution in [3.8, 4) is 0 Å². The number of hydrogen-bond acceptors (Lipinski definition) is 2. The van der Waals surface area contributed by atoms with E-state index < -0.39 is 11.9 Å². The Kier molecular flexibility index (Phi) is 3.90. The maximum atomic E-state index is 12.5. The SMILES string of the molecule is CC(C)C(C(=O)O)c1ccc(N2Cc3ccccc3C2=O)cc1. The Morgan fingerprint density at radius 1 is 1.09 bits per heavy atom. The summed E-state index contributed by atoms with van der Waals surface area (Å²) in [6.07, 6.45) is 0. The first-order chi connectivity index (χ1) is 11.0. The molecular formula is C19H19NO3. The zero-order chi connectivity index (χ0) is 16.6. The van der Waals surface area contributed by atoms with Crippen LogP contribution in [0.15, 0.2) is 48.5 Å². The fraction of sp³-hybridized carbons (Fsp3) is 0.263. The molecule has 1 aliphatic rings. The Bertz CT molecular complexity index is 749. The minimum absolute atomic E-state index is 0.00741. The predicted molar refractivity (Wildman–Crippen MR) is 88.6 cm³/mol. The van der Waals surface area contributed by atoms with E-state index in [0.29, 0.717) is 6.54 Å². The van der Waals surface area contributed by atoms with Crippen LogP contribution in [-0.4, -0.2) is 17.0 Å². The molecule has 23 heavy (non-hydrogen) atoms. The molecule has 118 valence electrons. The lowest BCUT2D eigenvalue weighted by Crippen LogP contribution is -2.23. The molecule has 1 unspecified atom stereocenters. The molecular weight excluding hydrogens is 290 g/mol. The first kappa shape index (κ1) is 15.3. The topological polar surface area (TPSA) is 57.6 Å². The molecule has 4 nitrogen and oxygen atoms in total. The Morgan fingerprint density at radius 3 is 2.30 bits per heavy atom. The molecule has 1 aliphatic heterocycles. The first-order valence-corrected chi connectivity index (χ1v) is 7.71. The molecule has 4 heteroatoms. The Hall–Kier alpha value is -2.62. The number of carboxylic acids is 1. The van der Waals surface area contributed by atoms with Crippen LogP contribution >= 0.6 is 0 Å². The number of carbonyl (C=O) groups is 2. The van der Waals surface area contributed by atoms with Crippen molar-refractivity contribution in [2.75, 3.05) is 4.90 Å². The molecule has 0 aromatic heterocycles. The fourth-order valence-corrected chi connectivity index (χ4v) is 3.14. The second kappa shape index (κ2) is 5.88. The van der Waals surface area contributed by atoms with E-state index in [0.717, 1.165) is 22.4 Å². The number of anilines is 1. The lowest BCUT2D eigenvalue weighted by molar-refractivity contribution is -0.139. The van der Waals surface area contributed by atoms with Crippen molar-refractivity contribution in [1.82, 2.24) is 0 Å². The summed E-state index contributed by atoms with van der Waals surface area (Å²) in [4.78, 5) is 25.6. The van der Waals surface area contributed by atoms with Gasteiger partial charge in [0, 0.05) is 11.3 Å². The number of carboxylic acid groups (broad SMARTS) is 1. The highest BCUT2D eigenvalue weighted by Gasteiger charge is 2.28. The van der Waals surface area contributed by atoms with Gasteiger partial charge < -0.3 is 10.0 Å². The zero-order valence-corrected chi connectivity index (χ0v) is 13.2. The van der Waals surface area contributed by atoms with Crippen LogP contribution in [0.1, 0.15) is 41.3 Å². The van der Waals surface area contributed by atoms with Crippen LogP contribution in [0.5, 0.6) is 0 Å². The number of amides is 1. The molecule has 0 bridgehead atoms. The van der Waals surface area contributed by atoms with Gasteiger partial charge in [-0.25, -0.2) is 0 Å². The molecule has 0 radical (unpaired) electrons. The Balaban J connectivity index is 1.87. The van der Waals surface area contributed by atoms with E-state index in [9.17, 15) is 14.7 Å². The lowest BCUT2D eigenvalue weighted by Gasteiger charge is -2.19. The fourth-order valence-electron chi connectivity index (χ4n) is 3.14. The summed E-state index contributed by atoms with van der Waals surface area (Å²) in [6.45, 7) is 4.35. The smallest absolute Gasteiger partial charge is 0.311 e. The van der Waals surface area contributed by atoms with Gasteiger partial charge >= 0.3 is 5.97 Å². The van der Waals surface area contributed by atoms with Crippen molar-refractivity contribution >= 4 is 17.6 Å². The number of hydrogen-bond donors (Lipinski definition) is 1. The minimum atomic E-state index is -0.822. The Morgan fingerprint density at radius 2 is 1.74 bits per heavy atom. The minimum Gasteiger partial charge on any atom is -0.481 e. The molecule has 1 amide bonds. The van der Waals surface area contributed by atoms with Gasteiger partial charge in [0.25, 0.3) is 5.91 Å². The third-order valence-electron chi connectivity index (χ3n) is 4.32. The first-order valence-electron chi connectivity index (χ1n) is 7.71. The van der Waals surface area contributed by atoms with Gasteiger partial charge in [-0.1, -0.05) is 44.2 Å². The molecule has 0 saturated carbocycles. The summed E-state index contributed by atoms with van der Waals surface area (Å²) < 4.78 is 0. The highest BCUT2D eigenvalue weighted by atomic mass is 16.4. The summed E-state index contributed by atoms with van der Waals surface area (Å²) in [6, 6.07) is 14.9. The molecule has 1 N–H and O–H groups in total. The third kappa shape index (κ3) is 2.72. The van der Waals surface area contributed by atoms with Gasteiger partial charge in [-0.05, 0) is 35.2 Å². The summed E-state index contributed by atoms with van der Waals surface area (Å²) in [5.74, 6) is -1.35. The number of fused-ring (bicyclic) bond motifs is 1. The van der Waals surface area contributed by atoms with Crippen molar-refractivity contribution in [2.24, 2.45) is 5.92 Å². The van der Waals surface area contributed by atoms with Gasteiger partial charge in [0.15, 0.2) is 0 Å². The van der Waals surface area contributed by atoms with Gasteiger partial charge in [0.05, 0.1) is 12.5 Å². The van der Waals surface area contributed by atoms with Gasteiger partial charge in [-0.15, -0.1) is 0 Å². The van der Waals surface area contributed by atoms with Crippen molar-refractivity contribution in [3.63, 3.8) is 0 Å². The summed E-state index contributed by atoms with van der Waals surface area (Å²) in [7, 11) is 0. The van der Waals surface area contributed by atoms with Crippen molar-refractivity contribution < 1.29 is 14.7 Å². The summed E-state index contributed by atoms with van der Waals surface area (Å²) >= 11 is 0. The quantitative estimate of drug-likeness (QED) is 0.937. The molecule has 2 aromatic rings. The standard InChI is InChI=1S/C19H19NO3/c1-12(2)17(19(22)23)13-7-9-15(10-8-13)20-11-14-5-3-4-6-16(14)18(20)21/h3-10,12,17H,11H2,1-2H3,(H,22,23). The largest absolute Gasteiger partial charge is 0.481 e.